The largest absolute Gasteiger partial charge is 0.396 e. The zero-order valence-electron chi connectivity index (χ0n) is 10.1. The molecule has 0 aliphatic heterocycles. The van der Waals surface area contributed by atoms with Crippen LogP contribution in [0.3, 0.4) is 0 Å². The van der Waals surface area contributed by atoms with Crippen LogP contribution in [-0.4, -0.2) is 43.3 Å². The van der Waals surface area contributed by atoms with Crippen molar-refractivity contribution >= 4 is 6.21 Å². The number of rotatable bonds is 9. The van der Waals surface area contributed by atoms with Gasteiger partial charge in [0.1, 0.15) is 0 Å². The number of aliphatic hydroxyl groups excluding tert-OH is 1. The van der Waals surface area contributed by atoms with Crippen LogP contribution in [0.2, 0.25) is 0 Å². The Balaban J connectivity index is 4.07. The Morgan fingerprint density at radius 3 is 2.73 bits per heavy atom. The number of aliphatic hydroxyl groups is 1. The summed E-state index contributed by atoms with van der Waals surface area (Å²) in [5.41, 5.74) is -0.499. The van der Waals surface area contributed by atoms with E-state index in [1.54, 1.807) is 0 Å². The fraction of sp³-hybridized carbons (Fsp3) is 0.909. The van der Waals surface area contributed by atoms with Gasteiger partial charge in [-0.15, -0.1) is 0 Å². The number of ether oxygens (including phenoxy) is 1. The summed E-state index contributed by atoms with van der Waals surface area (Å²) >= 11 is 0. The Morgan fingerprint density at radius 1 is 1.47 bits per heavy atom. The summed E-state index contributed by atoms with van der Waals surface area (Å²) in [6, 6.07) is 0. The van der Waals surface area contributed by atoms with Crippen molar-refractivity contribution in [2.45, 2.75) is 39.3 Å². The van der Waals surface area contributed by atoms with Crippen molar-refractivity contribution in [2.75, 3.05) is 26.3 Å². The number of aliphatic imine (C=N–C) groups is 1. The zero-order chi connectivity index (χ0) is 11.6. The van der Waals surface area contributed by atoms with E-state index in [0.29, 0.717) is 19.6 Å². The summed E-state index contributed by atoms with van der Waals surface area (Å²) < 4.78 is 5.65. The van der Waals surface area contributed by atoms with E-state index in [9.17, 15) is 0 Å². The average molecular weight is 216 g/mol. The van der Waals surface area contributed by atoms with Crippen LogP contribution in [0.5, 0.6) is 0 Å². The molecule has 4 heteroatoms. The quantitative estimate of drug-likeness (QED) is 0.450. The molecule has 0 bridgehead atoms. The van der Waals surface area contributed by atoms with Gasteiger partial charge in [0.05, 0.1) is 6.61 Å². The molecule has 0 saturated carbocycles. The topological polar surface area (TPSA) is 53.9 Å². The second kappa shape index (κ2) is 8.83. The number of nitrogens with one attached hydrogen (secondary N) is 1. The van der Waals surface area contributed by atoms with Crippen LogP contribution in [0.15, 0.2) is 4.99 Å². The van der Waals surface area contributed by atoms with Gasteiger partial charge in [-0.05, 0) is 26.3 Å². The third-order valence-corrected chi connectivity index (χ3v) is 1.97. The van der Waals surface area contributed by atoms with Crippen LogP contribution in [0, 0.1) is 0 Å². The first-order valence-electron chi connectivity index (χ1n) is 5.67. The summed E-state index contributed by atoms with van der Waals surface area (Å²) in [7, 11) is 0. The van der Waals surface area contributed by atoms with Crippen LogP contribution < -0.4 is 5.32 Å². The molecule has 0 heterocycles. The Hall–Kier alpha value is -0.450. The van der Waals surface area contributed by atoms with Gasteiger partial charge in [0, 0.05) is 19.4 Å². The van der Waals surface area contributed by atoms with Crippen LogP contribution >= 0.6 is 0 Å². The summed E-state index contributed by atoms with van der Waals surface area (Å²) in [4.78, 5) is 4.39. The van der Waals surface area contributed by atoms with E-state index in [-0.39, 0.29) is 6.61 Å². The molecule has 0 aliphatic carbocycles. The van der Waals surface area contributed by atoms with Crippen molar-refractivity contribution < 1.29 is 9.84 Å². The Labute approximate surface area is 92.7 Å². The molecule has 2 N–H and O–H groups in total. The van der Waals surface area contributed by atoms with Gasteiger partial charge in [-0.3, -0.25) is 4.99 Å². The van der Waals surface area contributed by atoms with Gasteiger partial charge < -0.3 is 15.2 Å². The molecular formula is C11H24N2O2. The maximum absolute atomic E-state index is 8.68. The van der Waals surface area contributed by atoms with Crippen LogP contribution in [0.1, 0.15) is 33.6 Å². The van der Waals surface area contributed by atoms with E-state index >= 15 is 0 Å². The minimum Gasteiger partial charge on any atom is -0.396 e. The van der Waals surface area contributed by atoms with Gasteiger partial charge in [0.2, 0.25) is 0 Å². The van der Waals surface area contributed by atoms with E-state index < -0.39 is 5.72 Å². The first kappa shape index (κ1) is 14.6. The highest BCUT2D eigenvalue weighted by Crippen LogP contribution is 2.11. The van der Waals surface area contributed by atoms with E-state index in [1.165, 1.54) is 0 Å². The highest BCUT2D eigenvalue weighted by atomic mass is 16.5. The fourth-order valence-corrected chi connectivity index (χ4v) is 1.13. The molecule has 90 valence electrons. The number of hydrogen-bond donors (Lipinski definition) is 2. The summed E-state index contributed by atoms with van der Waals surface area (Å²) in [5, 5.41) is 11.9. The second-order valence-corrected chi connectivity index (χ2v) is 3.60. The molecule has 1 unspecified atom stereocenters. The molecule has 0 radical (unpaired) electrons. The molecule has 0 rings (SSSR count). The van der Waals surface area contributed by atoms with E-state index in [4.69, 9.17) is 9.84 Å². The molecule has 0 amide bonds. The molecule has 0 aromatic heterocycles. The molecule has 0 aromatic carbocycles. The van der Waals surface area contributed by atoms with Crippen molar-refractivity contribution in [1.29, 1.82) is 0 Å². The lowest BCUT2D eigenvalue weighted by Gasteiger charge is -2.26. The molecular weight excluding hydrogens is 192 g/mol. The van der Waals surface area contributed by atoms with Crippen LogP contribution in [-0.2, 0) is 4.74 Å². The first-order chi connectivity index (χ1) is 7.18. The minimum atomic E-state index is -0.499. The molecule has 0 saturated heterocycles. The van der Waals surface area contributed by atoms with Gasteiger partial charge in [-0.2, -0.15) is 0 Å². The maximum Gasteiger partial charge on any atom is 0.168 e. The molecule has 0 fully saturated rings. The van der Waals surface area contributed by atoms with E-state index in [2.05, 4.69) is 17.2 Å². The molecule has 15 heavy (non-hydrogen) atoms. The van der Waals surface area contributed by atoms with Crippen molar-refractivity contribution in [2.24, 2.45) is 4.99 Å². The fourth-order valence-electron chi connectivity index (χ4n) is 1.13. The van der Waals surface area contributed by atoms with Crippen LogP contribution in [0.4, 0.5) is 0 Å². The lowest BCUT2D eigenvalue weighted by Crippen LogP contribution is -2.39. The molecule has 0 spiro atoms. The predicted octanol–water partition coefficient (Wildman–Crippen LogP) is 1.19. The first-order valence-corrected chi connectivity index (χ1v) is 5.67. The third kappa shape index (κ3) is 7.48. The maximum atomic E-state index is 8.68. The van der Waals surface area contributed by atoms with Gasteiger partial charge in [0.15, 0.2) is 5.72 Å². The smallest absolute Gasteiger partial charge is 0.168 e. The predicted molar refractivity (Wildman–Crippen MR) is 63.4 cm³/mol. The van der Waals surface area contributed by atoms with Crippen molar-refractivity contribution in [3.8, 4) is 0 Å². The van der Waals surface area contributed by atoms with E-state index in [0.717, 1.165) is 13.0 Å². The molecule has 0 aliphatic rings. The van der Waals surface area contributed by atoms with Crippen LogP contribution in [0.25, 0.3) is 0 Å². The van der Waals surface area contributed by atoms with Gasteiger partial charge >= 0.3 is 0 Å². The lowest BCUT2D eigenvalue weighted by atomic mass is 10.2. The third-order valence-electron chi connectivity index (χ3n) is 1.97. The lowest BCUT2D eigenvalue weighted by molar-refractivity contribution is -0.0280. The van der Waals surface area contributed by atoms with Gasteiger partial charge in [-0.25, -0.2) is 0 Å². The Kier molecular flexibility index (Phi) is 8.56. The zero-order valence-corrected chi connectivity index (χ0v) is 10.1. The molecule has 4 nitrogen and oxygen atoms in total. The molecule has 1 atom stereocenters. The standard InChI is InChI=1S/C11H24N2O2/c1-4-7-13-11(3,10-12-5-2)15-9-6-8-14/h7,12,14H,4-6,8-10H2,1-3H3. The average Bonchev–Trinajstić information content (AvgIpc) is 2.24. The molecule has 0 aromatic rings. The highest BCUT2D eigenvalue weighted by molar-refractivity contribution is 5.57. The summed E-state index contributed by atoms with van der Waals surface area (Å²) in [5.74, 6) is 0. The second-order valence-electron chi connectivity index (χ2n) is 3.60. The Morgan fingerprint density at radius 2 is 2.20 bits per heavy atom. The van der Waals surface area contributed by atoms with Crippen molar-refractivity contribution in [3.63, 3.8) is 0 Å². The van der Waals surface area contributed by atoms with Crippen molar-refractivity contribution in [1.82, 2.24) is 5.32 Å². The van der Waals surface area contributed by atoms with Crippen molar-refractivity contribution in [3.05, 3.63) is 0 Å². The minimum absolute atomic E-state index is 0.161. The number of hydrogen-bond acceptors (Lipinski definition) is 4. The van der Waals surface area contributed by atoms with E-state index in [1.807, 2.05) is 20.1 Å². The summed E-state index contributed by atoms with van der Waals surface area (Å²) in [6.45, 7) is 8.36. The monoisotopic (exact) mass is 216 g/mol. The Bertz CT molecular complexity index is 174. The number of nitrogens with zero attached hydrogens (tertiary/aromatic N) is 1. The normalized spacial score (nSPS) is 15.7. The summed E-state index contributed by atoms with van der Waals surface area (Å²) in [6.07, 6.45) is 3.44. The van der Waals surface area contributed by atoms with Gasteiger partial charge in [-0.1, -0.05) is 13.8 Å². The number of likely N-dealkylation sites (N-methyl/N-ethyl adjacent to an activating group) is 1. The van der Waals surface area contributed by atoms with Gasteiger partial charge in [0.25, 0.3) is 0 Å². The SMILES string of the molecule is CCC=NC(C)(CNCC)OCCCO. The highest BCUT2D eigenvalue weighted by Gasteiger charge is 2.21.